The van der Waals surface area contributed by atoms with Crippen LogP contribution in [0.4, 0.5) is 11.4 Å². The molecule has 1 heterocycles. The van der Waals surface area contributed by atoms with E-state index in [1.54, 1.807) is 19.1 Å². The van der Waals surface area contributed by atoms with Gasteiger partial charge in [-0.15, -0.1) is 0 Å². The summed E-state index contributed by atoms with van der Waals surface area (Å²) in [6.45, 7) is 5.00. The minimum atomic E-state index is -3.46. The van der Waals surface area contributed by atoms with Crippen molar-refractivity contribution in [1.82, 2.24) is 4.72 Å². The van der Waals surface area contributed by atoms with Gasteiger partial charge in [-0.25, -0.2) is 13.1 Å². The highest BCUT2D eigenvalue weighted by molar-refractivity contribution is 7.89. The topological polar surface area (TPSA) is 84.7 Å². The summed E-state index contributed by atoms with van der Waals surface area (Å²) in [5, 5.41) is 0. The molecule has 0 saturated carbocycles. The van der Waals surface area contributed by atoms with Crippen molar-refractivity contribution in [2.24, 2.45) is 0 Å². The lowest BCUT2D eigenvalue weighted by atomic mass is 10.2. The van der Waals surface area contributed by atoms with Crippen LogP contribution < -0.4 is 15.4 Å². The van der Waals surface area contributed by atoms with Crippen molar-refractivity contribution in [3.05, 3.63) is 18.2 Å². The molecule has 3 N–H and O–H groups in total. The maximum atomic E-state index is 12.1. The first-order valence-electron chi connectivity index (χ1n) is 6.76. The molecule has 0 bridgehead atoms. The quantitative estimate of drug-likeness (QED) is 0.803. The Bertz CT molecular complexity index is 552. The molecule has 0 atom stereocenters. The van der Waals surface area contributed by atoms with Gasteiger partial charge in [-0.1, -0.05) is 6.92 Å². The van der Waals surface area contributed by atoms with Gasteiger partial charge >= 0.3 is 0 Å². The first kappa shape index (κ1) is 15.1. The van der Waals surface area contributed by atoms with Crippen LogP contribution in [0.1, 0.15) is 13.3 Å². The second-order valence-electron chi connectivity index (χ2n) is 4.67. The molecule has 0 amide bonds. The minimum absolute atomic E-state index is 0.244. The van der Waals surface area contributed by atoms with Crippen LogP contribution in [0.3, 0.4) is 0 Å². The molecule has 7 heteroatoms. The number of benzene rings is 1. The van der Waals surface area contributed by atoms with Gasteiger partial charge in [-0.2, -0.15) is 0 Å². The zero-order chi connectivity index (χ0) is 14.6. The highest BCUT2D eigenvalue weighted by atomic mass is 32.2. The third-order valence-corrected chi connectivity index (χ3v) is 4.75. The predicted octanol–water partition coefficient (Wildman–Crippen LogP) is 0.794. The normalized spacial score (nSPS) is 16.9. The Balaban J connectivity index is 2.33. The Morgan fingerprint density at radius 1 is 1.35 bits per heavy atom. The summed E-state index contributed by atoms with van der Waals surface area (Å²) in [7, 11) is -3.46. The predicted molar refractivity (Wildman–Crippen MR) is 79.4 cm³/mol. The fourth-order valence-electron chi connectivity index (χ4n) is 2.22. The van der Waals surface area contributed by atoms with E-state index >= 15 is 0 Å². The van der Waals surface area contributed by atoms with Gasteiger partial charge in [0.05, 0.1) is 22.9 Å². The highest BCUT2D eigenvalue weighted by Crippen LogP contribution is 2.27. The molecule has 0 radical (unpaired) electrons. The molecule has 0 unspecified atom stereocenters. The van der Waals surface area contributed by atoms with E-state index in [1.807, 2.05) is 0 Å². The zero-order valence-corrected chi connectivity index (χ0v) is 12.4. The molecule has 1 saturated heterocycles. The monoisotopic (exact) mass is 299 g/mol. The molecule has 20 heavy (non-hydrogen) atoms. The van der Waals surface area contributed by atoms with E-state index in [0.717, 1.165) is 31.8 Å². The molecule has 112 valence electrons. The number of nitrogens with one attached hydrogen (secondary N) is 1. The minimum Gasteiger partial charge on any atom is -0.397 e. The van der Waals surface area contributed by atoms with E-state index in [-0.39, 0.29) is 4.90 Å². The molecule has 0 spiro atoms. The van der Waals surface area contributed by atoms with Crippen LogP contribution in [0.15, 0.2) is 23.1 Å². The lowest BCUT2D eigenvalue weighted by Crippen LogP contribution is -2.28. The van der Waals surface area contributed by atoms with E-state index in [0.29, 0.717) is 18.8 Å². The van der Waals surface area contributed by atoms with Gasteiger partial charge in [-0.05, 0) is 24.6 Å². The zero-order valence-electron chi connectivity index (χ0n) is 11.6. The van der Waals surface area contributed by atoms with Gasteiger partial charge in [0, 0.05) is 26.2 Å². The third kappa shape index (κ3) is 3.41. The van der Waals surface area contributed by atoms with Crippen molar-refractivity contribution in [1.29, 1.82) is 0 Å². The fourth-order valence-corrected chi connectivity index (χ4v) is 3.29. The van der Waals surface area contributed by atoms with E-state index < -0.39 is 10.0 Å². The largest absolute Gasteiger partial charge is 0.397 e. The standard InChI is InChI=1S/C13H21N3O3S/c1-2-15-20(17,18)11-4-5-12(14)13(10-11)16-6-3-8-19-9-7-16/h4-5,10,15H,2-3,6-9,14H2,1H3. The van der Waals surface area contributed by atoms with E-state index in [9.17, 15) is 8.42 Å². The van der Waals surface area contributed by atoms with Gasteiger partial charge in [-0.3, -0.25) is 0 Å². The second-order valence-corrected chi connectivity index (χ2v) is 6.44. The summed E-state index contributed by atoms with van der Waals surface area (Å²) in [5.74, 6) is 0. The summed E-state index contributed by atoms with van der Waals surface area (Å²) >= 11 is 0. The molecule has 1 aromatic rings. The van der Waals surface area contributed by atoms with Gasteiger partial charge in [0.25, 0.3) is 0 Å². The van der Waals surface area contributed by atoms with Crippen molar-refractivity contribution in [3.63, 3.8) is 0 Å². The second kappa shape index (κ2) is 6.43. The fraction of sp³-hybridized carbons (Fsp3) is 0.538. The number of nitrogens with zero attached hydrogens (tertiary/aromatic N) is 1. The van der Waals surface area contributed by atoms with Crippen molar-refractivity contribution >= 4 is 21.4 Å². The molecule has 1 fully saturated rings. The van der Waals surface area contributed by atoms with Crippen molar-refractivity contribution < 1.29 is 13.2 Å². The molecule has 6 nitrogen and oxygen atoms in total. The van der Waals surface area contributed by atoms with Crippen molar-refractivity contribution in [2.45, 2.75) is 18.2 Å². The Morgan fingerprint density at radius 3 is 2.90 bits per heavy atom. The van der Waals surface area contributed by atoms with Crippen molar-refractivity contribution in [3.8, 4) is 0 Å². The van der Waals surface area contributed by atoms with E-state index in [4.69, 9.17) is 10.5 Å². The number of rotatable bonds is 4. The number of hydrogen-bond acceptors (Lipinski definition) is 5. The molecular weight excluding hydrogens is 278 g/mol. The number of sulfonamides is 1. The van der Waals surface area contributed by atoms with Crippen LogP contribution >= 0.6 is 0 Å². The molecule has 1 aliphatic heterocycles. The molecule has 0 aliphatic carbocycles. The van der Waals surface area contributed by atoms with Crippen LogP contribution in [0.2, 0.25) is 0 Å². The average molecular weight is 299 g/mol. The summed E-state index contributed by atoms with van der Waals surface area (Å²) in [4.78, 5) is 2.32. The Labute approximate surface area is 120 Å². The summed E-state index contributed by atoms with van der Waals surface area (Å²) < 4.78 is 32.0. The molecule has 1 aromatic carbocycles. The van der Waals surface area contributed by atoms with E-state index in [1.165, 1.54) is 6.07 Å². The third-order valence-electron chi connectivity index (χ3n) is 3.21. The Morgan fingerprint density at radius 2 is 2.15 bits per heavy atom. The summed E-state index contributed by atoms with van der Waals surface area (Å²) in [5.41, 5.74) is 7.34. The number of ether oxygens (including phenoxy) is 1. The maximum Gasteiger partial charge on any atom is 0.240 e. The first-order valence-corrected chi connectivity index (χ1v) is 8.25. The molecular formula is C13H21N3O3S. The molecule has 0 aromatic heterocycles. The van der Waals surface area contributed by atoms with E-state index in [2.05, 4.69) is 9.62 Å². The Hall–Kier alpha value is -1.31. The molecule has 2 rings (SSSR count). The van der Waals surface area contributed by atoms with Gasteiger partial charge < -0.3 is 15.4 Å². The summed E-state index contributed by atoms with van der Waals surface area (Å²) in [6.07, 6.45) is 0.906. The van der Waals surface area contributed by atoms with Crippen LogP contribution in [0, 0.1) is 0 Å². The number of hydrogen-bond donors (Lipinski definition) is 2. The summed E-state index contributed by atoms with van der Waals surface area (Å²) in [6, 6.07) is 4.81. The van der Waals surface area contributed by atoms with Crippen LogP contribution in [-0.4, -0.2) is 41.3 Å². The smallest absolute Gasteiger partial charge is 0.240 e. The lowest BCUT2D eigenvalue weighted by Gasteiger charge is -2.24. The van der Waals surface area contributed by atoms with Crippen LogP contribution in [0.25, 0.3) is 0 Å². The van der Waals surface area contributed by atoms with Gasteiger partial charge in [0.2, 0.25) is 10.0 Å². The van der Waals surface area contributed by atoms with Crippen LogP contribution in [0.5, 0.6) is 0 Å². The lowest BCUT2D eigenvalue weighted by molar-refractivity contribution is 0.152. The first-order chi connectivity index (χ1) is 9.54. The number of nitrogens with two attached hydrogens (primary N) is 1. The number of anilines is 2. The van der Waals surface area contributed by atoms with Crippen molar-refractivity contribution in [2.75, 3.05) is 43.5 Å². The van der Waals surface area contributed by atoms with Crippen LogP contribution in [-0.2, 0) is 14.8 Å². The number of nitrogen functional groups attached to an aromatic ring is 1. The van der Waals surface area contributed by atoms with Gasteiger partial charge in [0.1, 0.15) is 0 Å². The maximum absolute atomic E-state index is 12.1. The SMILES string of the molecule is CCNS(=O)(=O)c1ccc(N)c(N2CCCOCC2)c1. The molecule has 1 aliphatic rings. The van der Waals surface area contributed by atoms with Gasteiger partial charge in [0.15, 0.2) is 0 Å². The Kier molecular flexibility index (Phi) is 4.85. The average Bonchev–Trinajstić information content (AvgIpc) is 2.67. The highest BCUT2D eigenvalue weighted by Gasteiger charge is 2.18.